The molecule has 13 heavy (non-hydrogen) atoms. The summed E-state index contributed by atoms with van der Waals surface area (Å²) in [5.41, 5.74) is 1.80. The molecule has 5 heteroatoms. The molecule has 0 saturated carbocycles. The molecule has 0 heterocycles. The van der Waals surface area contributed by atoms with Crippen LogP contribution < -0.4 is 5.48 Å². The van der Waals surface area contributed by atoms with E-state index in [1.165, 1.54) is 23.9 Å². The molecule has 1 rings (SSSR count). The molecule has 0 aromatic heterocycles. The second-order valence-corrected chi connectivity index (χ2v) is 3.80. The predicted octanol–water partition coefficient (Wildman–Crippen LogP) is 0.543. The van der Waals surface area contributed by atoms with Crippen molar-refractivity contribution >= 4 is 16.7 Å². The highest BCUT2D eigenvalue weighted by atomic mass is 32.2. The van der Waals surface area contributed by atoms with Crippen molar-refractivity contribution in [3.8, 4) is 0 Å². The van der Waals surface area contributed by atoms with Crippen molar-refractivity contribution in [3.05, 3.63) is 29.8 Å². The molecule has 0 fully saturated rings. The van der Waals surface area contributed by atoms with Crippen LogP contribution in [-0.2, 0) is 10.8 Å². The minimum atomic E-state index is -1.12. The molecule has 1 aromatic carbocycles. The Bertz CT molecular complexity index is 351. The van der Waals surface area contributed by atoms with Crippen molar-refractivity contribution in [3.63, 3.8) is 0 Å². The Balaban J connectivity index is 3.05. The van der Waals surface area contributed by atoms with Crippen molar-refractivity contribution in [2.75, 3.05) is 6.26 Å². The molecular formula is C8H9NO3S. The number of hydroxylamine groups is 1. The van der Waals surface area contributed by atoms with Crippen LogP contribution in [0.25, 0.3) is 0 Å². The maximum Gasteiger partial charge on any atom is 0.274 e. The summed E-state index contributed by atoms with van der Waals surface area (Å²) < 4.78 is 11.0. The fraction of sp³-hybridized carbons (Fsp3) is 0.125. The van der Waals surface area contributed by atoms with E-state index in [2.05, 4.69) is 0 Å². The van der Waals surface area contributed by atoms with Gasteiger partial charge in [0.1, 0.15) is 0 Å². The highest BCUT2D eigenvalue weighted by Crippen LogP contribution is 2.08. The molecular weight excluding hydrogens is 190 g/mol. The number of rotatable bonds is 2. The van der Waals surface area contributed by atoms with Gasteiger partial charge in [-0.15, -0.1) is 0 Å². The molecule has 1 atom stereocenters. The van der Waals surface area contributed by atoms with Gasteiger partial charge in [0.05, 0.1) is 0 Å². The standard InChI is InChI=1S/C8H9NO3S/c1-13(12)7-4-2-3-6(5-7)8(10)9-11/h2-5,11H,1H3,(H,9,10). The number of carbonyl (C=O) groups excluding carboxylic acids is 1. The van der Waals surface area contributed by atoms with Gasteiger partial charge in [-0.3, -0.25) is 14.2 Å². The highest BCUT2D eigenvalue weighted by Gasteiger charge is 2.05. The van der Waals surface area contributed by atoms with E-state index < -0.39 is 16.7 Å². The molecule has 0 radical (unpaired) electrons. The zero-order chi connectivity index (χ0) is 9.84. The summed E-state index contributed by atoms with van der Waals surface area (Å²) in [7, 11) is -1.12. The quantitative estimate of drug-likeness (QED) is 0.539. The van der Waals surface area contributed by atoms with E-state index in [0.717, 1.165) is 0 Å². The lowest BCUT2D eigenvalue weighted by Crippen LogP contribution is -2.18. The van der Waals surface area contributed by atoms with E-state index in [1.54, 1.807) is 12.1 Å². The largest absolute Gasteiger partial charge is 0.288 e. The third-order valence-electron chi connectivity index (χ3n) is 1.53. The summed E-state index contributed by atoms with van der Waals surface area (Å²) in [4.78, 5) is 11.5. The van der Waals surface area contributed by atoms with Gasteiger partial charge >= 0.3 is 0 Å². The normalized spacial score (nSPS) is 12.2. The Morgan fingerprint density at radius 2 is 2.23 bits per heavy atom. The highest BCUT2D eigenvalue weighted by molar-refractivity contribution is 7.84. The van der Waals surface area contributed by atoms with E-state index in [4.69, 9.17) is 5.21 Å². The minimum Gasteiger partial charge on any atom is -0.288 e. The van der Waals surface area contributed by atoms with E-state index >= 15 is 0 Å². The van der Waals surface area contributed by atoms with Crippen LogP contribution in [0.3, 0.4) is 0 Å². The third-order valence-corrected chi connectivity index (χ3v) is 2.45. The Morgan fingerprint density at radius 3 is 2.77 bits per heavy atom. The first kappa shape index (κ1) is 9.88. The number of hydrogen-bond donors (Lipinski definition) is 2. The number of benzene rings is 1. The summed E-state index contributed by atoms with van der Waals surface area (Å²) in [5, 5.41) is 8.34. The first-order chi connectivity index (χ1) is 6.15. The monoisotopic (exact) mass is 199 g/mol. The molecule has 0 spiro atoms. The first-order valence-corrected chi connectivity index (χ1v) is 5.09. The minimum absolute atomic E-state index is 0.287. The van der Waals surface area contributed by atoms with Crippen molar-refractivity contribution in [1.82, 2.24) is 5.48 Å². The van der Waals surface area contributed by atoms with Gasteiger partial charge in [0.25, 0.3) is 5.91 Å². The van der Waals surface area contributed by atoms with Gasteiger partial charge in [0.15, 0.2) is 0 Å². The molecule has 1 aromatic rings. The molecule has 0 saturated heterocycles. The molecule has 1 unspecified atom stereocenters. The molecule has 0 aliphatic heterocycles. The van der Waals surface area contributed by atoms with E-state index in [0.29, 0.717) is 4.90 Å². The summed E-state index contributed by atoms with van der Waals surface area (Å²) in [6, 6.07) is 6.27. The average molecular weight is 199 g/mol. The van der Waals surface area contributed by atoms with E-state index in [1.807, 2.05) is 0 Å². The third kappa shape index (κ3) is 2.37. The second-order valence-electron chi connectivity index (χ2n) is 2.42. The second kappa shape index (κ2) is 4.15. The van der Waals surface area contributed by atoms with E-state index in [-0.39, 0.29) is 5.56 Å². The zero-order valence-electron chi connectivity index (χ0n) is 6.98. The Hall–Kier alpha value is -1.20. The van der Waals surface area contributed by atoms with Crippen molar-refractivity contribution < 1.29 is 14.2 Å². The van der Waals surface area contributed by atoms with Crippen LogP contribution in [0.1, 0.15) is 10.4 Å². The number of hydrogen-bond acceptors (Lipinski definition) is 3. The van der Waals surface area contributed by atoms with Crippen molar-refractivity contribution in [2.45, 2.75) is 4.90 Å². The number of nitrogens with one attached hydrogen (secondary N) is 1. The Kier molecular flexibility index (Phi) is 3.16. The van der Waals surface area contributed by atoms with Gasteiger partial charge < -0.3 is 0 Å². The molecule has 4 nitrogen and oxygen atoms in total. The molecule has 2 N–H and O–H groups in total. The maximum absolute atomic E-state index is 11.0. The Morgan fingerprint density at radius 1 is 1.54 bits per heavy atom. The fourth-order valence-corrected chi connectivity index (χ4v) is 1.44. The van der Waals surface area contributed by atoms with Crippen LogP contribution in [0.4, 0.5) is 0 Å². The van der Waals surface area contributed by atoms with Crippen LogP contribution in [0.2, 0.25) is 0 Å². The molecule has 0 aliphatic carbocycles. The zero-order valence-corrected chi connectivity index (χ0v) is 7.80. The van der Waals surface area contributed by atoms with Crippen LogP contribution in [0.15, 0.2) is 29.2 Å². The van der Waals surface area contributed by atoms with Crippen LogP contribution >= 0.6 is 0 Å². The van der Waals surface area contributed by atoms with Crippen LogP contribution in [0.5, 0.6) is 0 Å². The van der Waals surface area contributed by atoms with Crippen molar-refractivity contribution in [2.24, 2.45) is 0 Å². The lowest BCUT2D eigenvalue weighted by molar-refractivity contribution is 0.0706. The molecule has 0 bridgehead atoms. The summed E-state index contributed by atoms with van der Waals surface area (Å²) >= 11 is 0. The average Bonchev–Trinajstić information content (AvgIpc) is 2.17. The van der Waals surface area contributed by atoms with Crippen LogP contribution in [0, 0.1) is 0 Å². The van der Waals surface area contributed by atoms with Gasteiger partial charge in [-0.05, 0) is 18.2 Å². The molecule has 70 valence electrons. The van der Waals surface area contributed by atoms with E-state index in [9.17, 15) is 9.00 Å². The first-order valence-electron chi connectivity index (χ1n) is 3.53. The smallest absolute Gasteiger partial charge is 0.274 e. The van der Waals surface area contributed by atoms with Gasteiger partial charge in [0, 0.05) is 27.5 Å². The molecule has 1 amide bonds. The summed E-state index contributed by atoms with van der Waals surface area (Å²) in [6.07, 6.45) is 1.52. The number of carbonyl (C=O) groups is 1. The Labute approximate surface area is 78.0 Å². The maximum atomic E-state index is 11.0. The lowest BCUT2D eigenvalue weighted by atomic mass is 10.2. The summed E-state index contributed by atoms with van der Waals surface area (Å²) in [6.45, 7) is 0. The van der Waals surface area contributed by atoms with Crippen molar-refractivity contribution in [1.29, 1.82) is 0 Å². The van der Waals surface area contributed by atoms with Gasteiger partial charge in [-0.25, -0.2) is 5.48 Å². The predicted molar refractivity (Wildman–Crippen MR) is 48.0 cm³/mol. The lowest BCUT2D eigenvalue weighted by Gasteiger charge is -2.00. The van der Waals surface area contributed by atoms with Gasteiger partial charge in [0.2, 0.25) is 0 Å². The SMILES string of the molecule is CS(=O)c1cccc(C(=O)NO)c1. The fourth-order valence-electron chi connectivity index (χ4n) is 0.881. The van der Waals surface area contributed by atoms with Gasteiger partial charge in [-0.2, -0.15) is 0 Å². The van der Waals surface area contributed by atoms with Crippen LogP contribution in [-0.4, -0.2) is 21.6 Å². The summed E-state index contributed by atoms with van der Waals surface area (Å²) in [5.74, 6) is -0.604. The molecule has 0 aliphatic rings. The number of amides is 1. The van der Waals surface area contributed by atoms with Gasteiger partial charge in [-0.1, -0.05) is 6.07 Å². The topological polar surface area (TPSA) is 66.4 Å².